The molecule has 0 fully saturated rings. The van der Waals surface area contributed by atoms with Gasteiger partial charge in [-0.25, -0.2) is 4.68 Å². The molecule has 5 aromatic rings. The van der Waals surface area contributed by atoms with E-state index in [0.717, 1.165) is 47.4 Å². The number of aromatic nitrogens is 6. The van der Waals surface area contributed by atoms with Gasteiger partial charge in [0.25, 0.3) is 0 Å². The average molecular weight is 750 g/mol. The van der Waals surface area contributed by atoms with Crippen molar-refractivity contribution in [2.45, 2.75) is 84.0 Å². The number of benzene rings is 3. The summed E-state index contributed by atoms with van der Waals surface area (Å²) >= 11 is 0. The Kier molecular flexibility index (Phi) is 15.6. The maximum absolute atomic E-state index is 14.0. The van der Waals surface area contributed by atoms with Gasteiger partial charge in [-0.1, -0.05) is 91.0 Å². The van der Waals surface area contributed by atoms with Crippen LogP contribution in [0.1, 0.15) is 75.4 Å². The van der Waals surface area contributed by atoms with Crippen LogP contribution in [0, 0.1) is 5.92 Å². The zero-order valence-electron chi connectivity index (χ0n) is 32.0. The number of guanidine groups is 1. The molecule has 0 unspecified atom stereocenters. The third kappa shape index (κ3) is 13.0. The summed E-state index contributed by atoms with van der Waals surface area (Å²) in [6.45, 7) is 6.57. The molecule has 0 aliphatic rings. The highest BCUT2D eigenvalue weighted by molar-refractivity contribution is 5.80. The van der Waals surface area contributed by atoms with Crippen molar-refractivity contribution in [3.63, 3.8) is 0 Å². The van der Waals surface area contributed by atoms with Crippen LogP contribution in [0.15, 0.2) is 96.2 Å². The fourth-order valence-corrected chi connectivity index (χ4v) is 6.18. The summed E-state index contributed by atoms with van der Waals surface area (Å²) in [5.74, 6) is 1.95. The van der Waals surface area contributed by atoms with Gasteiger partial charge in [0.1, 0.15) is 29.8 Å². The quantitative estimate of drug-likeness (QED) is 0.0399. The molecule has 292 valence electrons. The normalized spacial score (nSPS) is 12.3. The van der Waals surface area contributed by atoms with Gasteiger partial charge in [0.05, 0.1) is 25.0 Å². The van der Waals surface area contributed by atoms with Gasteiger partial charge in [-0.05, 0) is 68.7 Å². The van der Waals surface area contributed by atoms with Crippen LogP contribution < -0.4 is 32.0 Å². The van der Waals surface area contributed by atoms with Crippen LogP contribution in [0.25, 0.3) is 11.1 Å². The molecule has 1 amide bonds. The number of carbonyl (C=O) groups is 1. The number of rotatable bonds is 23. The number of nitrogens with zero attached hydrogens (tertiary/aromatic N) is 7. The first kappa shape index (κ1) is 40.4. The molecule has 0 aliphatic heterocycles. The Bertz CT molecular complexity index is 1920. The molecular weight excluding hydrogens is 695 g/mol. The summed E-state index contributed by atoms with van der Waals surface area (Å²) in [6, 6.07) is 25.1. The van der Waals surface area contributed by atoms with Crippen LogP contribution in [0.5, 0.6) is 11.5 Å². The number of carbonyl (C=O) groups excluding carboxylic acids is 1. The van der Waals surface area contributed by atoms with E-state index in [9.17, 15) is 4.79 Å². The second-order valence-electron chi connectivity index (χ2n) is 14.1. The zero-order chi connectivity index (χ0) is 38.8. The van der Waals surface area contributed by atoms with E-state index < -0.39 is 6.04 Å². The molecule has 0 aliphatic carbocycles. The minimum absolute atomic E-state index is 0.0303. The highest BCUT2D eigenvalue weighted by Gasteiger charge is 2.25. The average Bonchev–Trinajstić information content (AvgIpc) is 3.84. The Labute approximate surface area is 323 Å². The van der Waals surface area contributed by atoms with Crippen LogP contribution in [0.3, 0.4) is 0 Å². The molecule has 0 saturated carbocycles. The standard InChI is InChI=1S/C41H55N11O3/c1-30(2)21-24-54-38-19-8-6-16-35(38)36-17-7-9-20-39(36)55-29-34-27-51(49-48-34)26-32(15-12-23-45-41(43)44)46-40(53)37(18-10-11-22-42)52-28-33(47-50-52)25-31-13-4-3-5-14-31/h3-9,13-14,16-17,19-20,27-28,30,32,37H,10-12,15,18,21-26,29,42H2,1-2H3,(H,46,53)(H4,43,44,45)/t32-,37-/m1/s1. The number of unbranched alkanes of at least 4 members (excludes halogenated alkanes) is 1. The first-order valence-corrected chi connectivity index (χ1v) is 19.1. The van der Waals surface area contributed by atoms with E-state index in [2.05, 4.69) is 44.8 Å². The predicted octanol–water partition coefficient (Wildman–Crippen LogP) is 5.04. The summed E-state index contributed by atoms with van der Waals surface area (Å²) in [5.41, 5.74) is 21.4. The van der Waals surface area contributed by atoms with E-state index in [0.29, 0.717) is 69.3 Å². The van der Waals surface area contributed by atoms with Crippen molar-refractivity contribution >= 4 is 11.9 Å². The van der Waals surface area contributed by atoms with Crippen molar-refractivity contribution < 1.29 is 14.3 Å². The zero-order valence-corrected chi connectivity index (χ0v) is 32.0. The maximum Gasteiger partial charge on any atom is 0.245 e. The Morgan fingerprint density at radius 2 is 1.49 bits per heavy atom. The Hall–Kier alpha value is -5.76. The van der Waals surface area contributed by atoms with Crippen molar-refractivity contribution in [2.24, 2.45) is 28.1 Å². The molecule has 14 nitrogen and oxygen atoms in total. The third-order valence-electron chi connectivity index (χ3n) is 9.08. The number of aliphatic imine (C=N–C) groups is 1. The molecule has 0 spiro atoms. The van der Waals surface area contributed by atoms with E-state index in [1.54, 1.807) is 9.36 Å². The molecule has 55 heavy (non-hydrogen) atoms. The van der Waals surface area contributed by atoms with Crippen molar-refractivity contribution in [3.8, 4) is 22.6 Å². The van der Waals surface area contributed by atoms with Gasteiger partial charge in [-0.2, -0.15) is 0 Å². The molecule has 5 rings (SSSR count). The second kappa shape index (κ2) is 21.2. The van der Waals surface area contributed by atoms with E-state index in [1.807, 2.05) is 91.3 Å². The predicted molar refractivity (Wildman–Crippen MR) is 214 cm³/mol. The fourth-order valence-electron chi connectivity index (χ4n) is 6.18. The topological polar surface area (TPSA) is 199 Å². The third-order valence-corrected chi connectivity index (χ3v) is 9.08. The molecular formula is C41H55N11O3. The van der Waals surface area contributed by atoms with E-state index in [1.165, 1.54) is 0 Å². The van der Waals surface area contributed by atoms with Gasteiger partial charge in [-0.3, -0.25) is 14.5 Å². The molecule has 0 bridgehead atoms. The summed E-state index contributed by atoms with van der Waals surface area (Å²) < 4.78 is 15.9. The van der Waals surface area contributed by atoms with Gasteiger partial charge < -0.3 is 32.0 Å². The SMILES string of the molecule is CC(C)CCOc1ccccc1-c1ccccc1OCc1cn(C[C@@H](CCCN=C(N)N)NC(=O)[C@@H](CCCCN)n2cc(Cc3ccccc3)nn2)nn1. The fraction of sp³-hybridized carbons (Fsp3) is 0.415. The number of hydrogen-bond acceptors (Lipinski definition) is 9. The molecule has 7 N–H and O–H groups in total. The molecule has 2 heterocycles. The van der Waals surface area contributed by atoms with Gasteiger partial charge in [0.2, 0.25) is 5.91 Å². The molecule has 14 heteroatoms. The van der Waals surface area contributed by atoms with Crippen molar-refractivity contribution in [3.05, 3.63) is 108 Å². The van der Waals surface area contributed by atoms with Gasteiger partial charge in [0.15, 0.2) is 5.96 Å². The van der Waals surface area contributed by atoms with E-state index in [4.69, 9.17) is 26.7 Å². The number of amides is 1. The molecule has 2 atom stereocenters. The van der Waals surface area contributed by atoms with E-state index in [-0.39, 0.29) is 24.5 Å². The summed E-state index contributed by atoms with van der Waals surface area (Å²) in [4.78, 5) is 18.1. The van der Waals surface area contributed by atoms with Gasteiger partial charge in [-0.15, -0.1) is 10.2 Å². The highest BCUT2D eigenvalue weighted by atomic mass is 16.5. The first-order valence-electron chi connectivity index (χ1n) is 19.1. The van der Waals surface area contributed by atoms with Crippen molar-refractivity contribution in [1.29, 1.82) is 0 Å². The lowest BCUT2D eigenvalue weighted by Gasteiger charge is -2.23. The lowest BCUT2D eigenvalue weighted by Crippen LogP contribution is -2.42. The van der Waals surface area contributed by atoms with Gasteiger partial charge in [0, 0.05) is 36.3 Å². The summed E-state index contributed by atoms with van der Waals surface area (Å²) in [7, 11) is 0. The van der Waals surface area contributed by atoms with Crippen LogP contribution in [0.4, 0.5) is 0 Å². The molecule has 0 radical (unpaired) electrons. The smallest absolute Gasteiger partial charge is 0.245 e. The first-order chi connectivity index (χ1) is 26.8. The lowest BCUT2D eigenvalue weighted by atomic mass is 10.0. The van der Waals surface area contributed by atoms with Gasteiger partial charge >= 0.3 is 0 Å². The summed E-state index contributed by atoms with van der Waals surface area (Å²) in [5, 5.41) is 20.8. The second-order valence-corrected chi connectivity index (χ2v) is 14.1. The van der Waals surface area contributed by atoms with Crippen molar-refractivity contribution in [2.75, 3.05) is 19.7 Å². The maximum atomic E-state index is 14.0. The number of para-hydroxylation sites is 2. The number of nitrogens with one attached hydrogen (secondary N) is 1. The summed E-state index contributed by atoms with van der Waals surface area (Å²) in [6.07, 6.45) is 8.67. The Morgan fingerprint density at radius 3 is 2.20 bits per heavy atom. The highest BCUT2D eigenvalue weighted by Crippen LogP contribution is 2.36. The van der Waals surface area contributed by atoms with Crippen molar-refractivity contribution in [1.82, 2.24) is 35.3 Å². The molecule has 3 aromatic carbocycles. The molecule has 0 saturated heterocycles. The number of ether oxygens (including phenoxy) is 2. The van der Waals surface area contributed by atoms with Crippen LogP contribution in [-0.2, 0) is 24.4 Å². The Morgan fingerprint density at radius 1 is 0.800 bits per heavy atom. The van der Waals surface area contributed by atoms with Crippen LogP contribution in [0.2, 0.25) is 0 Å². The van der Waals surface area contributed by atoms with Crippen LogP contribution in [-0.4, -0.2) is 67.6 Å². The number of hydrogen-bond donors (Lipinski definition) is 4. The van der Waals surface area contributed by atoms with Crippen LogP contribution >= 0.6 is 0 Å². The largest absolute Gasteiger partial charge is 0.493 e. The Balaban J connectivity index is 1.27. The van der Waals surface area contributed by atoms with E-state index >= 15 is 0 Å². The number of nitrogens with two attached hydrogens (primary N) is 3. The lowest BCUT2D eigenvalue weighted by molar-refractivity contribution is -0.125. The molecule has 2 aromatic heterocycles. The monoisotopic (exact) mass is 749 g/mol. The minimum Gasteiger partial charge on any atom is -0.493 e. The minimum atomic E-state index is -0.561.